The van der Waals surface area contributed by atoms with E-state index in [1.54, 1.807) is 54.6 Å². The number of nitrogens with one attached hydrogen (secondary N) is 2. The van der Waals surface area contributed by atoms with Crippen LogP contribution in [0.5, 0.6) is 5.75 Å². The summed E-state index contributed by atoms with van der Waals surface area (Å²) >= 11 is 6.03. The van der Waals surface area contributed by atoms with Crippen molar-refractivity contribution in [3.05, 3.63) is 94.8 Å². The van der Waals surface area contributed by atoms with Gasteiger partial charge in [-0.3, -0.25) is 9.59 Å². The molecule has 0 unspecified atom stereocenters. The zero-order valence-corrected chi connectivity index (χ0v) is 17.4. The van der Waals surface area contributed by atoms with Crippen LogP contribution in [-0.4, -0.2) is 18.4 Å². The fourth-order valence-corrected chi connectivity index (χ4v) is 2.84. The lowest BCUT2D eigenvalue weighted by atomic mass is 10.1. The van der Waals surface area contributed by atoms with E-state index >= 15 is 0 Å². The Balaban J connectivity index is 1.65. The molecule has 0 aliphatic heterocycles. The second-order valence-corrected chi connectivity index (χ2v) is 6.90. The number of hydrogen-bond acceptors (Lipinski definition) is 4. The quantitative estimate of drug-likeness (QED) is 0.390. The first-order valence-electron chi connectivity index (χ1n) is 9.41. The summed E-state index contributed by atoms with van der Waals surface area (Å²) in [6.07, 6.45) is 1.39. The van der Waals surface area contributed by atoms with E-state index in [9.17, 15) is 19.2 Å². The van der Waals surface area contributed by atoms with E-state index in [0.717, 1.165) is 0 Å². The van der Waals surface area contributed by atoms with Crippen LogP contribution in [0.15, 0.2) is 78.4 Å². The van der Waals surface area contributed by atoms with Gasteiger partial charge in [-0.2, -0.15) is 5.26 Å². The molecule has 3 aromatic carbocycles. The molecule has 32 heavy (non-hydrogen) atoms. The molecule has 0 aromatic heterocycles. The molecule has 2 N–H and O–H groups in total. The van der Waals surface area contributed by atoms with Gasteiger partial charge in [-0.25, -0.2) is 4.39 Å². The summed E-state index contributed by atoms with van der Waals surface area (Å²) in [4.78, 5) is 24.4. The van der Waals surface area contributed by atoms with Gasteiger partial charge in [-0.15, -0.1) is 0 Å². The van der Waals surface area contributed by atoms with Crippen molar-refractivity contribution in [3.63, 3.8) is 0 Å². The highest BCUT2D eigenvalue weighted by atomic mass is 35.5. The summed E-state index contributed by atoms with van der Waals surface area (Å²) in [5, 5.41) is 14.7. The third kappa shape index (κ3) is 6.17. The van der Waals surface area contributed by atoms with Crippen LogP contribution < -0.4 is 15.4 Å². The number of ether oxygens (including phenoxy) is 1. The lowest BCUT2D eigenvalue weighted by Crippen LogP contribution is -2.20. The molecule has 0 heterocycles. The standard InChI is InChI=1S/C24H17ClFN3O3/c25-19-8-1-3-10-21(19)29-24(31)17(14-27)12-16-6-5-7-18(13-16)32-15-23(30)28-22-11-4-2-9-20(22)26/h1-13H,15H2,(H,28,30)(H,29,31)/b17-12+. The Labute approximate surface area is 188 Å². The molecule has 3 aromatic rings. The SMILES string of the molecule is N#C/C(=C\c1cccc(OCC(=O)Nc2ccccc2F)c1)C(=O)Nc1ccccc1Cl. The zero-order valence-electron chi connectivity index (χ0n) is 16.6. The summed E-state index contributed by atoms with van der Waals surface area (Å²) in [5.41, 5.74) is 0.821. The summed E-state index contributed by atoms with van der Waals surface area (Å²) in [5.74, 6) is -1.36. The van der Waals surface area contributed by atoms with Crippen LogP contribution in [0.2, 0.25) is 5.02 Å². The molecule has 0 saturated carbocycles. The van der Waals surface area contributed by atoms with E-state index in [-0.39, 0.29) is 17.9 Å². The Hall–Kier alpha value is -4.15. The van der Waals surface area contributed by atoms with E-state index in [2.05, 4.69) is 10.6 Å². The van der Waals surface area contributed by atoms with Gasteiger partial charge < -0.3 is 15.4 Å². The highest BCUT2D eigenvalue weighted by Crippen LogP contribution is 2.22. The average Bonchev–Trinajstić information content (AvgIpc) is 2.79. The van der Waals surface area contributed by atoms with Crippen molar-refractivity contribution in [1.29, 1.82) is 5.26 Å². The number of benzene rings is 3. The Morgan fingerprint density at radius 3 is 2.44 bits per heavy atom. The molecule has 0 aliphatic rings. The summed E-state index contributed by atoms with van der Waals surface area (Å²) in [7, 11) is 0. The molecule has 6 nitrogen and oxygen atoms in total. The third-order valence-electron chi connectivity index (χ3n) is 4.17. The Morgan fingerprint density at radius 2 is 1.72 bits per heavy atom. The molecule has 0 fully saturated rings. The second-order valence-electron chi connectivity index (χ2n) is 6.49. The number of para-hydroxylation sites is 2. The number of nitrogens with zero attached hydrogens (tertiary/aromatic N) is 1. The van der Waals surface area contributed by atoms with Crippen LogP contribution in [0.3, 0.4) is 0 Å². The van der Waals surface area contributed by atoms with Gasteiger partial charge in [0.25, 0.3) is 11.8 Å². The van der Waals surface area contributed by atoms with Crippen molar-refractivity contribution >= 4 is 40.9 Å². The van der Waals surface area contributed by atoms with Crippen molar-refractivity contribution < 1.29 is 18.7 Å². The van der Waals surface area contributed by atoms with Crippen LogP contribution in [0, 0.1) is 17.1 Å². The molecule has 0 radical (unpaired) electrons. The number of carbonyl (C=O) groups excluding carboxylic acids is 2. The summed E-state index contributed by atoms with van der Waals surface area (Å²) < 4.78 is 19.1. The molecule has 0 saturated heterocycles. The smallest absolute Gasteiger partial charge is 0.266 e. The molecule has 8 heteroatoms. The first kappa shape index (κ1) is 22.5. The third-order valence-corrected chi connectivity index (χ3v) is 4.50. The minimum Gasteiger partial charge on any atom is -0.484 e. The van der Waals surface area contributed by atoms with Gasteiger partial charge in [0.15, 0.2) is 6.61 Å². The molecule has 0 atom stereocenters. The molecule has 0 bridgehead atoms. The van der Waals surface area contributed by atoms with Crippen molar-refractivity contribution in [3.8, 4) is 11.8 Å². The first-order valence-corrected chi connectivity index (χ1v) is 9.79. The van der Waals surface area contributed by atoms with Crippen LogP contribution in [0.25, 0.3) is 6.08 Å². The van der Waals surface area contributed by atoms with Crippen molar-refractivity contribution in [2.45, 2.75) is 0 Å². The fourth-order valence-electron chi connectivity index (χ4n) is 2.66. The van der Waals surface area contributed by atoms with Crippen molar-refractivity contribution in [1.82, 2.24) is 0 Å². The molecule has 0 aliphatic carbocycles. The number of nitriles is 1. The average molecular weight is 450 g/mol. The van der Waals surface area contributed by atoms with Gasteiger partial charge in [-0.1, -0.05) is 48.0 Å². The van der Waals surface area contributed by atoms with Gasteiger partial charge in [0.05, 0.1) is 16.4 Å². The Bertz CT molecular complexity index is 1220. The van der Waals surface area contributed by atoms with Gasteiger partial charge in [0, 0.05) is 0 Å². The van der Waals surface area contributed by atoms with Crippen LogP contribution in [0.1, 0.15) is 5.56 Å². The maximum atomic E-state index is 13.6. The number of amides is 2. The highest BCUT2D eigenvalue weighted by Gasteiger charge is 2.12. The van der Waals surface area contributed by atoms with E-state index in [0.29, 0.717) is 22.0 Å². The van der Waals surface area contributed by atoms with E-state index in [1.165, 1.54) is 24.3 Å². The van der Waals surface area contributed by atoms with Crippen LogP contribution in [0.4, 0.5) is 15.8 Å². The van der Waals surface area contributed by atoms with Crippen molar-refractivity contribution in [2.24, 2.45) is 0 Å². The van der Waals surface area contributed by atoms with Gasteiger partial charge in [-0.05, 0) is 48.0 Å². The number of rotatable bonds is 7. The van der Waals surface area contributed by atoms with E-state index in [4.69, 9.17) is 16.3 Å². The minimum atomic E-state index is -0.615. The van der Waals surface area contributed by atoms with E-state index < -0.39 is 17.6 Å². The summed E-state index contributed by atoms with van der Waals surface area (Å²) in [6, 6.07) is 20.8. The van der Waals surface area contributed by atoms with Gasteiger partial charge >= 0.3 is 0 Å². The maximum Gasteiger partial charge on any atom is 0.266 e. The van der Waals surface area contributed by atoms with E-state index in [1.807, 2.05) is 6.07 Å². The lowest BCUT2D eigenvalue weighted by molar-refractivity contribution is -0.118. The monoisotopic (exact) mass is 449 g/mol. The predicted octanol–water partition coefficient (Wildman–Crippen LogP) is 5.04. The number of hydrogen-bond donors (Lipinski definition) is 2. The van der Waals surface area contributed by atoms with Gasteiger partial charge in [0.2, 0.25) is 0 Å². The largest absolute Gasteiger partial charge is 0.484 e. The predicted molar refractivity (Wildman–Crippen MR) is 121 cm³/mol. The van der Waals surface area contributed by atoms with Crippen LogP contribution >= 0.6 is 11.6 Å². The second kappa shape index (κ2) is 10.8. The number of halogens is 2. The Kier molecular flexibility index (Phi) is 7.57. The molecule has 0 spiro atoms. The normalized spacial score (nSPS) is 10.7. The van der Waals surface area contributed by atoms with Crippen LogP contribution in [-0.2, 0) is 9.59 Å². The minimum absolute atomic E-state index is 0.0565. The lowest BCUT2D eigenvalue weighted by Gasteiger charge is -2.09. The topological polar surface area (TPSA) is 91.2 Å². The first-order chi connectivity index (χ1) is 15.5. The Morgan fingerprint density at radius 1 is 1.00 bits per heavy atom. The zero-order chi connectivity index (χ0) is 22.9. The molecular weight excluding hydrogens is 433 g/mol. The maximum absolute atomic E-state index is 13.6. The van der Waals surface area contributed by atoms with Crippen molar-refractivity contribution in [2.75, 3.05) is 17.2 Å². The molecule has 2 amide bonds. The molecule has 160 valence electrons. The number of carbonyl (C=O) groups is 2. The number of anilines is 2. The summed E-state index contributed by atoms with van der Waals surface area (Å²) in [6.45, 7) is -0.348. The highest BCUT2D eigenvalue weighted by molar-refractivity contribution is 6.34. The molecule has 3 rings (SSSR count). The molecular formula is C24H17ClFN3O3. The van der Waals surface area contributed by atoms with Gasteiger partial charge in [0.1, 0.15) is 23.2 Å². The fraction of sp³-hybridized carbons (Fsp3) is 0.0417.